The van der Waals surface area contributed by atoms with Gasteiger partial charge in [0.1, 0.15) is 11.7 Å². The van der Waals surface area contributed by atoms with Gasteiger partial charge >= 0.3 is 0 Å². The van der Waals surface area contributed by atoms with Crippen LogP contribution in [0.1, 0.15) is 6.92 Å². The van der Waals surface area contributed by atoms with Crippen LogP contribution in [0, 0.1) is 5.82 Å². The van der Waals surface area contributed by atoms with E-state index in [1.165, 1.54) is 23.1 Å². The number of hydrogen-bond acceptors (Lipinski definition) is 1. The minimum absolute atomic E-state index is 0.00618. The molecule has 0 radical (unpaired) electrons. The molecule has 0 saturated heterocycles. The first-order chi connectivity index (χ1) is 7.10. The first kappa shape index (κ1) is 12.3. The summed E-state index contributed by atoms with van der Waals surface area (Å²) >= 11 is 11.1. The summed E-state index contributed by atoms with van der Waals surface area (Å²) in [7, 11) is 0. The molecule has 0 unspecified atom stereocenters. The highest BCUT2D eigenvalue weighted by Gasteiger charge is 2.13. The van der Waals surface area contributed by atoms with Crippen LogP contribution in [0.2, 0.25) is 5.02 Å². The fraction of sp³-hybridized carbons (Fsp3) is 0.300. The summed E-state index contributed by atoms with van der Waals surface area (Å²) in [6, 6.07) is 4.13. The lowest BCUT2D eigenvalue weighted by molar-refractivity contribution is -0.116. The van der Waals surface area contributed by atoms with Crippen molar-refractivity contribution in [1.82, 2.24) is 0 Å². The van der Waals surface area contributed by atoms with E-state index in [0.717, 1.165) is 0 Å². The lowest BCUT2D eigenvalue weighted by Gasteiger charge is -2.20. The third kappa shape index (κ3) is 2.83. The van der Waals surface area contributed by atoms with Gasteiger partial charge in [0.25, 0.3) is 0 Å². The summed E-state index contributed by atoms with van der Waals surface area (Å²) in [5.41, 5.74) is 0.551. The molecule has 0 aromatic heterocycles. The van der Waals surface area contributed by atoms with Crippen LogP contribution in [-0.4, -0.2) is 18.3 Å². The van der Waals surface area contributed by atoms with Gasteiger partial charge in [-0.15, -0.1) is 11.6 Å². The maximum absolute atomic E-state index is 12.9. The topological polar surface area (TPSA) is 20.3 Å². The van der Waals surface area contributed by atoms with Crippen LogP contribution in [0.15, 0.2) is 18.2 Å². The smallest absolute Gasteiger partial charge is 0.241 e. The number of carbonyl (C=O) groups is 1. The van der Waals surface area contributed by atoms with E-state index in [4.69, 9.17) is 23.2 Å². The molecule has 1 amide bonds. The first-order valence-electron chi connectivity index (χ1n) is 4.41. The van der Waals surface area contributed by atoms with Crippen molar-refractivity contribution >= 4 is 34.8 Å². The molecule has 1 aromatic rings. The fourth-order valence-electron chi connectivity index (χ4n) is 1.23. The molecular formula is C10H10Cl2FNO. The van der Waals surface area contributed by atoms with Crippen molar-refractivity contribution in [3.63, 3.8) is 0 Å². The van der Waals surface area contributed by atoms with Gasteiger partial charge in [-0.25, -0.2) is 4.39 Å². The third-order valence-corrected chi connectivity index (χ3v) is 2.46. The van der Waals surface area contributed by atoms with Crippen LogP contribution in [0.4, 0.5) is 10.1 Å². The number of nitrogens with zero attached hydrogens (tertiary/aromatic N) is 1. The zero-order chi connectivity index (χ0) is 11.4. The van der Waals surface area contributed by atoms with Crippen molar-refractivity contribution in [1.29, 1.82) is 0 Å². The molecule has 15 heavy (non-hydrogen) atoms. The fourth-order valence-corrected chi connectivity index (χ4v) is 1.55. The van der Waals surface area contributed by atoms with E-state index in [0.29, 0.717) is 12.2 Å². The summed E-state index contributed by atoms with van der Waals surface area (Å²) in [5, 5.41) is -0.00618. The number of rotatable bonds is 3. The molecule has 0 fully saturated rings. The molecule has 0 aliphatic heterocycles. The molecule has 2 nitrogen and oxygen atoms in total. The Morgan fingerprint density at radius 1 is 1.53 bits per heavy atom. The van der Waals surface area contributed by atoms with Crippen LogP contribution in [-0.2, 0) is 4.79 Å². The van der Waals surface area contributed by atoms with Gasteiger partial charge in [0.15, 0.2) is 0 Å². The maximum atomic E-state index is 12.9. The largest absolute Gasteiger partial charge is 0.312 e. The van der Waals surface area contributed by atoms with Gasteiger partial charge in [0.05, 0.1) is 5.02 Å². The van der Waals surface area contributed by atoms with Crippen molar-refractivity contribution in [2.75, 3.05) is 17.3 Å². The highest BCUT2D eigenvalue weighted by Crippen LogP contribution is 2.22. The second-order valence-corrected chi connectivity index (χ2v) is 3.54. The molecule has 0 atom stereocenters. The number of halogens is 3. The molecule has 0 spiro atoms. The Balaban J connectivity index is 3.02. The van der Waals surface area contributed by atoms with E-state index in [1.807, 2.05) is 6.92 Å². The van der Waals surface area contributed by atoms with Crippen molar-refractivity contribution in [2.24, 2.45) is 0 Å². The zero-order valence-electron chi connectivity index (χ0n) is 8.14. The molecule has 5 heteroatoms. The van der Waals surface area contributed by atoms with Crippen molar-refractivity contribution in [3.05, 3.63) is 29.0 Å². The lowest BCUT2D eigenvalue weighted by atomic mass is 10.2. The van der Waals surface area contributed by atoms with Gasteiger partial charge < -0.3 is 4.90 Å². The Morgan fingerprint density at radius 3 is 2.67 bits per heavy atom. The molecule has 0 saturated carbocycles. The number of amides is 1. The lowest BCUT2D eigenvalue weighted by Crippen LogP contribution is -2.31. The Bertz CT molecular complexity index is 370. The highest BCUT2D eigenvalue weighted by atomic mass is 35.5. The first-order valence-corrected chi connectivity index (χ1v) is 5.32. The standard InChI is InChI=1S/C10H10Cl2FNO/c1-2-14(10(15)6-11)7-3-4-9(13)8(12)5-7/h3-5H,2,6H2,1H3. The van der Waals surface area contributed by atoms with Crippen molar-refractivity contribution in [3.8, 4) is 0 Å². The summed E-state index contributed by atoms with van der Waals surface area (Å²) in [4.78, 5) is 12.8. The van der Waals surface area contributed by atoms with Crippen LogP contribution in [0.3, 0.4) is 0 Å². The summed E-state index contributed by atoms with van der Waals surface area (Å²) in [5.74, 6) is -0.848. The van der Waals surface area contributed by atoms with Gasteiger partial charge in [-0.3, -0.25) is 4.79 Å². The van der Waals surface area contributed by atoms with Crippen molar-refractivity contribution in [2.45, 2.75) is 6.92 Å². The number of alkyl halides is 1. The number of hydrogen-bond donors (Lipinski definition) is 0. The Labute approximate surface area is 97.6 Å². The molecule has 1 aromatic carbocycles. The van der Waals surface area contributed by atoms with Gasteiger partial charge in [-0.05, 0) is 25.1 Å². The highest BCUT2D eigenvalue weighted by molar-refractivity contribution is 6.31. The molecule has 0 N–H and O–H groups in total. The number of benzene rings is 1. The molecule has 0 bridgehead atoms. The summed E-state index contributed by atoms with van der Waals surface area (Å²) < 4.78 is 12.9. The minimum atomic E-state index is -0.505. The van der Waals surface area contributed by atoms with E-state index < -0.39 is 5.82 Å². The minimum Gasteiger partial charge on any atom is -0.312 e. The van der Waals surface area contributed by atoms with Gasteiger partial charge in [-0.1, -0.05) is 11.6 Å². The average molecular weight is 250 g/mol. The Kier molecular flexibility index (Phi) is 4.36. The van der Waals surface area contributed by atoms with Crippen LogP contribution in [0.5, 0.6) is 0 Å². The van der Waals surface area contributed by atoms with E-state index >= 15 is 0 Å². The molecular weight excluding hydrogens is 240 g/mol. The van der Waals surface area contributed by atoms with E-state index in [2.05, 4.69) is 0 Å². The molecule has 0 aliphatic carbocycles. The zero-order valence-corrected chi connectivity index (χ0v) is 9.65. The molecule has 0 heterocycles. The molecule has 82 valence electrons. The van der Waals surface area contributed by atoms with Gasteiger partial charge in [-0.2, -0.15) is 0 Å². The second-order valence-electron chi connectivity index (χ2n) is 2.87. The van der Waals surface area contributed by atoms with Gasteiger partial charge in [0.2, 0.25) is 5.91 Å². The van der Waals surface area contributed by atoms with E-state index in [1.54, 1.807) is 0 Å². The van der Waals surface area contributed by atoms with Gasteiger partial charge in [0, 0.05) is 12.2 Å². The molecule has 1 rings (SSSR count). The monoisotopic (exact) mass is 249 g/mol. The quantitative estimate of drug-likeness (QED) is 0.755. The van der Waals surface area contributed by atoms with Crippen molar-refractivity contribution < 1.29 is 9.18 Å². The normalized spacial score (nSPS) is 10.1. The van der Waals surface area contributed by atoms with E-state index in [-0.39, 0.29) is 16.8 Å². The molecule has 0 aliphatic rings. The summed E-state index contributed by atoms with van der Waals surface area (Å²) in [6.45, 7) is 2.27. The predicted molar refractivity (Wildman–Crippen MR) is 60.2 cm³/mol. The van der Waals surface area contributed by atoms with Crippen LogP contribution in [0.25, 0.3) is 0 Å². The Hall–Kier alpha value is -0.800. The van der Waals surface area contributed by atoms with E-state index in [9.17, 15) is 9.18 Å². The second kappa shape index (κ2) is 5.33. The number of anilines is 1. The van der Waals surface area contributed by atoms with Crippen LogP contribution >= 0.6 is 23.2 Å². The average Bonchev–Trinajstić information content (AvgIpc) is 2.24. The van der Waals surface area contributed by atoms with Crippen LogP contribution < -0.4 is 4.90 Å². The SMILES string of the molecule is CCN(C(=O)CCl)c1ccc(F)c(Cl)c1. The summed E-state index contributed by atoms with van der Waals surface area (Å²) in [6.07, 6.45) is 0. The third-order valence-electron chi connectivity index (χ3n) is 1.95. The number of carbonyl (C=O) groups excluding carboxylic acids is 1. The predicted octanol–water partition coefficient (Wildman–Crippen LogP) is 3.07. The maximum Gasteiger partial charge on any atom is 0.241 e. The Morgan fingerprint density at radius 2 is 2.20 bits per heavy atom.